The predicted molar refractivity (Wildman–Crippen MR) is 64.7 cm³/mol. The van der Waals surface area contributed by atoms with Gasteiger partial charge in [0.25, 0.3) is 0 Å². The number of likely N-dealkylation sites (N-methyl/N-ethyl adjacent to an activating group) is 1. The Morgan fingerprint density at radius 2 is 2.24 bits per heavy atom. The lowest BCUT2D eigenvalue weighted by Crippen LogP contribution is -2.43. The number of carbonyl (C=O) groups is 2. The first-order valence-electron chi connectivity index (χ1n) is 6.25. The van der Waals surface area contributed by atoms with Crippen LogP contribution in [-0.2, 0) is 9.59 Å². The Morgan fingerprint density at radius 3 is 2.71 bits per heavy atom. The van der Waals surface area contributed by atoms with Gasteiger partial charge >= 0.3 is 5.97 Å². The van der Waals surface area contributed by atoms with E-state index in [1.807, 2.05) is 0 Å². The van der Waals surface area contributed by atoms with E-state index < -0.39 is 12.0 Å². The number of hydrogen-bond acceptors (Lipinski definition) is 3. The summed E-state index contributed by atoms with van der Waals surface area (Å²) in [5, 5.41) is 12.3. The fourth-order valence-electron chi connectivity index (χ4n) is 2.28. The summed E-state index contributed by atoms with van der Waals surface area (Å²) < 4.78 is 0. The Labute approximate surface area is 102 Å². The summed E-state index contributed by atoms with van der Waals surface area (Å²) >= 11 is 0. The number of carboxylic acid groups (broad SMARTS) is 1. The summed E-state index contributed by atoms with van der Waals surface area (Å²) in [6.07, 6.45) is 3.04. The number of rotatable bonds is 5. The van der Waals surface area contributed by atoms with E-state index >= 15 is 0 Å². The number of nitrogens with one attached hydrogen (secondary N) is 1. The van der Waals surface area contributed by atoms with Crippen LogP contribution in [0, 0.1) is 5.92 Å². The molecule has 2 atom stereocenters. The first-order valence-corrected chi connectivity index (χ1v) is 6.25. The largest absolute Gasteiger partial charge is 0.480 e. The monoisotopic (exact) mass is 242 g/mol. The highest BCUT2D eigenvalue weighted by molar-refractivity contribution is 5.83. The molecule has 0 aliphatic carbocycles. The van der Waals surface area contributed by atoms with Crippen molar-refractivity contribution in [2.45, 2.75) is 38.6 Å². The van der Waals surface area contributed by atoms with Gasteiger partial charge in [0, 0.05) is 13.5 Å². The zero-order valence-electron chi connectivity index (χ0n) is 10.6. The molecular formula is C12H22N2O3. The molecule has 1 rings (SSSR count). The third-order valence-electron chi connectivity index (χ3n) is 3.39. The number of nitrogens with zero attached hydrogens (tertiary/aromatic N) is 1. The van der Waals surface area contributed by atoms with Crippen LogP contribution in [0.3, 0.4) is 0 Å². The van der Waals surface area contributed by atoms with Gasteiger partial charge in [0.2, 0.25) is 5.91 Å². The number of amides is 1. The summed E-state index contributed by atoms with van der Waals surface area (Å²) in [6.45, 7) is 3.67. The minimum absolute atomic E-state index is 0.0621. The van der Waals surface area contributed by atoms with Crippen LogP contribution >= 0.6 is 0 Å². The molecule has 1 aliphatic heterocycles. The van der Waals surface area contributed by atoms with Gasteiger partial charge in [0.05, 0.1) is 0 Å². The number of aliphatic carboxylic acids is 1. The standard InChI is InChI=1S/C12H22N2O3/c1-3-10(12(16)17)14(2)11(15)7-9-5-4-6-13-8-9/h9-10,13H,3-8H2,1-2H3,(H,16,17). The second kappa shape index (κ2) is 6.59. The van der Waals surface area contributed by atoms with E-state index in [1.165, 1.54) is 4.90 Å². The van der Waals surface area contributed by atoms with Gasteiger partial charge in [-0.3, -0.25) is 4.79 Å². The van der Waals surface area contributed by atoms with Gasteiger partial charge in [0.1, 0.15) is 6.04 Å². The van der Waals surface area contributed by atoms with Crippen LogP contribution in [0.15, 0.2) is 0 Å². The second-order valence-electron chi connectivity index (χ2n) is 4.68. The average molecular weight is 242 g/mol. The molecule has 5 nitrogen and oxygen atoms in total. The highest BCUT2D eigenvalue weighted by Crippen LogP contribution is 2.16. The topological polar surface area (TPSA) is 69.6 Å². The van der Waals surface area contributed by atoms with Gasteiger partial charge in [0.15, 0.2) is 0 Å². The van der Waals surface area contributed by atoms with Crippen LogP contribution in [0.5, 0.6) is 0 Å². The molecule has 1 saturated heterocycles. The number of piperidine rings is 1. The SMILES string of the molecule is CCC(C(=O)O)N(C)C(=O)CC1CCCNC1. The third-order valence-corrected chi connectivity index (χ3v) is 3.39. The molecule has 0 bridgehead atoms. The van der Waals surface area contributed by atoms with E-state index in [0.717, 1.165) is 25.9 Å². The molecule has 5 heteroatoms. The van der Waals surface area contributed by atoms with Gasteiger partial charge in [-0.25, -0.2) is 4.79 Å². The molecule has 2 unspecified atom stereocenters. The fourth-order valence-corrected chi connectivity index (χ4v) is 2.28. The van der Waals surface area contributed by atoms with Crippen molar-refractivity contribution in [1.82, 2.24) is 10.2 Å². The van der Waals surface area contributed by atoms with Gasteiger partial charge in [-0.15, -0.1) is 0 Å². The molecule has 0 aromatic carbocycles. The third kappa shape index (κ3) is 4.00. The normalized spacial score (nSPS) is 21.9. The van der Waals surface area contributed by atoms with Gasteiger partial charge < -0.3 is 15.3 Å². The smallest absolute Gasteiger partial charge is 0.326 e. The van der Waals surface area contributed by atoms with Crippen molar-refractivity contribution < 1.29 is 14.7 Å². The van der Waals surface area contributed by atoms with Crippen LogP contribution in [0.4, 0.5) is 0 Å². The second-order valence-corrected chi connectivity index (χ2v) is 4.68. The average Bonchev–Trinajstić information content (AvgIpc) is 2.30. The summed E-state index contributed by atoms with van der Waals surface area (Å²) in [7, 11) is 1.58. The van der Waals surface area contributed by atoms with E-state index in [4.69, 9.17) is 5.11 Å². The molecule has 1 fully saturated rings. The molecule has 98 valence electrons. The first-order chi connectivity index (χ1) is 8.06. The lowest BCUT2D eigenvalue weighted by molar-refractivity contribution is -0.149. The highest BCUT2D eigenvalue weighted by atomic mass is 16.4. The van der Waals surface area contributed by atoms with Crippen LogP contribution in [0.25, 0.3) is 0 Å². The Bertz CT molecular complexity index is 275. The molecule has 0 radical (unpaired) electrons. The lowest BCUT2D eigenvalue weighted by atomic mass is 9.95. The van der Waals surface area contributed by atoms with Crippen LogP contribution in [-0.4, -0.2) is 48.1 Å². The minimum Gasteiger partial charge on any atom is -0.480 e. The van der Waals surface area contributed by atoms with Gasteiger partial charge in [-0.2, -0.15) is 0 Å². The van der Waals surface area contributed by atoms with E-state index in [2.05, 4.69) is 5.32 Å². The van der Waals surface area contributed by atoms with Crippen molar-refractivity contribution in [3.63, 3.8) is 0 Å². The summed E-state index contributed by atoms with van der Waals surface area (Å²) in [4.78, 5) is 24.3. The van der Waals surface area contributed by atoms with Crippen molar-refractivity contribution >= 4 is 11.9 Å². The Balaban J connectivity index is 2.47. The number of carboxylic acids is 1. The molecule has 0 aromatic heterocycles. The Kier molecular flexibility index (Phi) is 5.41. The zero-order valence-corrected chi connectivity index (χ0v) is 10.6. The lowest BCUT2D eigenvalue weighted by Gasteiger charge is -2.27. The summed E-state index contributed by atoms with van der Waals surface area (Å²) in [5.74, 6) is -0.636. The number of hydrogen-bond donors (Lipinski definition) is 2. The number of carbonyl (C=O) groups excluding carboxylic acids is 1. The van der Waals surface area contributed by atoms with Crippen molar-refractivity contribution in [3.8, 4) is 0 Å². The maximum absolute atomic E-state index is 12.0. The van der Waals surface area contributed by atoms with Gasteiger partial charge in [-0.05, 0) is 38.3 Å². The fraction of sp³-hybridized carbons (Fsp3) is 0.833. The Morgan fingerprint density at radius 1 is 1.53 bits per heavy atom. The van der Waals surface area contributed by atoms with Crippen molar-refractivity contribution in [2.75, 3.05) is 20.1 Å². The summed E-state index contributed by atoms with van der Waals surface area (Å²) in [6, 6.07) is -0.695. The molecular weight excluding hydrogens is 220 g/mol. The Hall–Kier alpha value is -1.10. The van der Waals surface area contributed by atoms with E-state index in [9.17, 15) is 9.59 Å². The minimum atomic E-state index is -0.926. The quantitative estimate of drug-likeness (QED) is 0.744. The van der Waals surface area contributed by atoms with Crippen molar-refractivity contribution in [1.29, 1.82) is 0 Å². The molecule has 0 saturated carbocycles. The van der Waals surface area contributed by atoms with Crippen LogP contribution in [0.1, 0.15) is 32.6 Å². The highest BCUT2D eigenvalue weighted by Gasteiger charge is 2.26. The molecule has 2 N–H and O–H groups in total. The summed E-state index contributed by atoms with van der Waals surface area (Å²) in [5.41, 5.74) is 0. The van der Waals surface area contributed by atoms with Crippen molar-refractivity contribution in [2.24, 2.45) is 5.92 Å². The van der Waals surface area contributed by atoms with Gasteiger partial charge in [-0.1, -0.05) is 6.92 Å². The molecule has 1 amide bonds. The van der Waals surface area contributed by atoms with Crippen molar-refractivity contribution in [3.05, 3.63) is 0 Å². The maximum Gasteiger partial charge on any atom is 0.326 e. The molecule has 0 aromatic rings. The molecule has 17 heavy (non-hydrogen) atoms. The maximum atomic E-state index is 12.0. The zero-order chi connectivity index (χ0) is 12.8. The van der Waals surface area contributed by atoms with E-state index in [0.29, 0.717) is 18.8 Å². The molecule has 1 heterocycles. The molecule has 1 aliphatic rings. The van der Waals surface area contributed by atoms with E-state index in [-0.39, 0.29) is 5.91 Å². The van der Waals surface area contributed by atoms with Crippen LogP contribution < -0.4 is 5.32 Å². The first kappa shape index (κ1) is 14.0. The molecule has 0 spiro atoms. The predicted octanol–water partition coefficient (Wildman–Crippen LogP) is 0.698. The van der Waals surface area contributed by atoms with E-state index in [1.54, 1.807) is 14.0 Å². The van der Waals surface area contributed by atoms with Crippen LogP contribution in [0.2, 0.25) is 0 Å².